The van der Waals surface area contributed by atoms with Crippen molar-refractivity contribution >= 4 is 22.1 Å². The van der Waals surface area contributed by atoms with Gasteiger partial charge in [0.2, 0.25) is 0 Å². The van der Waals surface area contributed by atoms with Crippen molar-refractivity contribution in [1.29, 1.82) is 0 Å². The number of piperidine rings is 2. The Hall–Kier alpha value is -2.83. The molecule has 2 heterocycles. The van der Waals surface area contributed by atoms with E-state index in [9.17, 15) is 23.1 Å². The number of benzene rings is 2. The number of methoxy groups -OCH3 is 2. The van der Waals surface area contributed by atoms with Crippen LogP contribution in [0.2, 0.25) is 0 Å². The van der Waals surface area contributed by atoms with Gasteiger partial charge in [0, 0.05) is 26.2 Å². The highest BCUT2D eigenvalue weighted by Crippen LogP contribution is 2.25. The second kappa shape index (κ2) is 18.0. The van der Waals surface area contributed by atoms with Crippen LogP contribution in [0.25, 0.3) is 0 Å². The minimum atomic E-state index is -3.63. The molecule has 0 aliphatic carbocycles. The molecule has 0 aromatic heterocycles. The average molecular weight is 609 g/mol. The van der Waals surface area contributed by atoms with Gasteiger partial charge < -0.3 is 14.6 Å². The molecule has 0 bridgehead atoms. The lowest BCUT2D eigenvalue weighted by Crippen LogP contribution is -2.48. The first-order chi connectivity index (χ1) is 19.1. The van der Waals surface area contributed by atoms with E-state index in [0.29, 0.717) is 39.0 Å². The van der Waals surface area contributed by atoms with Gasteiger partial charge in [-0.05, 0) is 37.1 Å². The second-order valence-electron chi connectivity index (χ2n) is 10.2. The van der Waals surface area contributed by atoms with Gasteiger partial charge in [-0.2, -0.15) is 8.42 Å². The van der Waals surface area contributed by atoms with Gasteiger partial charge in [0.25, 0.3) is 10.1 Å². The number of carbonyl (C=O) groups is 2. The summed E-state index contributed by atoms with van der Waals surface area (Å²) in [5, 5.41) is 9.98. The second-order valence-corrected chi connectivity index (χ2v) is 11.8. The summed E-state index contributed by atoms with van der Waals surface area (Å²) in [6.07, 6.45) is 0.826. The van der Waals surface area contributed by atoms with E-state index in [1.165, 1.54) is 19.8 Å². The largest absolute Gasteiger partial charge is 0.469 e. The van der Waals surface area contributed by atoms with E-state index in [0.717, 1.165) is 24.9 Å². The van der Waals surface area contributed by atoms with E-state index in [4.69, 9.17) is 13.7 Å². The molecule has 10 nitrogen and oxygen atoms in total. The highest BCUT2D eigenvalue weighted by molar-refractivity contribution is 7.86. The van der Waals surface area contributed by atoms with Crippen molar-refractivity contribution < 1.29 is 36.8 Å². The van der Waals surface area contributed by atoms with Crippen molar-refractivity contribution in [2.75, 3.05) is 46.7 Å². The topological polar surface area (TPSA) is 123 Å². The zero-order valence-electron chi connectivity index (χ0n) is 23.3. The monoisotopic (exact) mass is 608 g/mol. The van der Waals surface area contributed by atoms with Gasteiger partial charge in [0.05, 0.1) is 38.4 Å². The Balaban J connectivity index is 0.000000408. The molecule has 0 saturated carbocycles. The Labute approximate surface area is 251 Å². The number of hydrogen-bond donors (Lipinski definition) is 1. The number of nitrogens with zero attached hydrogens (tertiary/aromatic N) is 2. The Morgan fingerprint density at radius 1 is 0.786 bits per heavy atom. The number of hydrogen-bond acceptors (Lipinski definition) is 10. The van der Waals surface area contributed by atoms with Crippen LogP contribution >= 0.6 is 0 Å². The zero-order valence-corrected chi connectivity index (χ0v) is 24.2. The smallest absolute Gasteiger partial charge is 0.311 e. The van der Waals surface area contributed by atoms with Crippen LogP contribution in [0.3, 0.4) is 0 Å². The Morgan fingerprint density at radius 2 is 1.21 bits per heavy atom. The standard InChI is InChI=1S/C15H21NO5S.C14H19NO3.2CH4/c1-20-15(17)13-8-9-16(10-12-6-4-3-5-7-12)11-14(13)21-22(2,18)19;1-18-14(17)12-7-8-15(10-13(12)16)9-11-5-3-2-4-6-11;;/h3-7,13-14H,8-11H2,1-2H3;2-6,12-13,16H,7-10H2,1H3;2*1H4. The number of β-amino-alcohol motifs (C(OH)–C–C–N with tert-alkyl or cyclic N) is 1. The quantitative estimate of drug-likeness (QED) is 0.353. The summed E-state index contributed by atoms with van der Waals surface area (Å²) in [6.45, 7) is 3.91. The third-order valence-corrected chi connectivity index (χ3v) is 7.71. The Morgan fingerprint density at radius 3 is 1.64 bits per heavy atom. The molecular weight excluding hydrogens is 560 g/mol. The molecule has 2 aromatic rings. The van der Waals surface area contributed by atoms with E-state index in [1.54, 1.807) is 0 Å². The van der Waals surface area contributed by atoms with Crippen molar-refractivity contribution in [3.63, 3.8) is 0 Å². The molecule has 2 saturated heterocycles. The zero-order chi connectivity index (χ0) is 29.1. The molecule has 42 heavy (non-hydrogen) atoms. The van der Waals surface area contributed by atoms with Gasteiger partial charge in [-0.25, -0.2) is 0 Å². The number of likely N-dealkylation sites (tertiary alicyclic amines) is 2. The highest BCUT2D eigenvalue weighted by atomic mass is 32.2. The molecular formula is C31H48N2O8S. The van der Waals surface area contributed by atoms with Gasteiger partial charge in [0.15, 0.2) is 0 Å². The molecule has 0 spiro atoms. The lowest BCUT2D eigenvalue weighted by atomic mass is 9.93. The van der Waals surface area contributed by atoms with E-state index < -0.39 is 34.2 Å². The van der Waals surface area contributed by atoms with Gasteiger partial charge in [-0.15, -0.1) is 0 Å². The summed E-state index contributed by atoms with van der Waals surface area (Å²) in [4.78, 5) is 27.5. The minimum absolute atomic E-state index is 0. The summed E-state index contributed by atoms with van der Waals surface area (Å²) in [5.41, 5.74) is 2.36. The molecule has 2 aromatic carbocycles. The van der Waals surface area contributed by atoms with Gasteiger partial charge >= 0.3 is 11.9 Å². The molecule has 11 heteroatoms. The molecule has 2 fully saturated rings. The fourth-order valence-electron chi connectivity index (χ4n) is 5.12. The molecule has 1 N–H and O–H groups in total. The molecule has 4 atom stereocenters. The van der Waals surface area contributed by atoms with E-state index in [-0.39, 0.29) is 26.7 Å². The maximum absolute atomic E-state index is 11.8. The predicted octanol–water partition coefficient (Wildman–Crippen LogP) is 3.34. The fraction of sp³-hybridized carbons (Fsp3) is 0.548. The minimum Gasteiger partial charge on any atom is -0.469 e. The lowest BCUT2D eigenvalue weighted by Gasteiger charge is -2.36. The lowest BCUT2D eigenvalue weighted by molar-refractivity contribution is -0.153. The number of esters is 2. The first kappa shape index (κ1) is 37.2. The third-order valence-electron chi connectivity index (χ3n) is 7.11. The van der Waals surface area contributed by atoms with Crippen LogP contribution < -0.4 is 0 Å². The maximum atomic E-state index is 11.8. The summed E-state index contributed by atoms with van der Waals surface area (Å²) >= 11 is 0. The third kappa shape index (κ3) is 11.8. The summed E-state index contributed by atoms with van der Waals surface area (Å²) in [6, 6.07) is 20.0. The maximum Gasteiger partial charge on any atom is 0.311 e. The molecule has 4 unspecified atom stereocenters. The van der Waals surface area contributed by atoms with Crippen LogP contribution in [-0.2, 0) is 46.5 Å². The van der Waals surface area contributed by atoms with E-state index in [1.807, 2.05) is 48.5 Å². The molecule has 2 aliphatic heterocycles. The number of carbonyl (C=O) groups excluding carboxylic acids is 2. The molecule has 2 aliphatic rings. The Bertz CT molecular complexity index is 1180. The van der Waals surface area contributed by atoms with Crippen molar-refractivity contribution in [2.45, 2.75) is 53.0 Å². The van der Waals surface area contributed by atoms with Gasteiger partial charge in [0.1, 0.15) is 6.10 Å². The number of ether oxygens (including phenoxy) is 2. The SMILES string of the molecule is C.C.COC(=O)C1CCN(Cc2ccccc2)CC1O.COC(=O)C1CCN(Cc2ccccc2)CC1OS(C)(=O)=O. The summed E-state index contributed by atoms with van der Waals surface area (Å²) < 4.78 is 37.4. The van der Waals surface area contributed by atoms with Crippen LogP contribution in [0, 0.1) is 11.8 Å². The summed E-state index contributed by atoms with van der Waals surface area (Å²) in [7, 11) is -0.961. The molecule has 4 rings (SSSR count). The highest BCUT2D eigenvalue weighted by Gasteiger charge is 2.38. The first-order valence-corrected chi connectivity index (χ1v) is 15.2. The number of aliphatic hydroxyl groups excluding tert-OH is 1. The summed E-state index contributed by atoms with van der Waals surface area (Å²) in [5.74, 6) is -1.65. The van der Waals surface area contributed by atoms with E-state index >= 15 is 0 Å². The first-order valence-electron chi connectivity index (χ1n) is 13.3. The van der Waals surface area contributed by atoms with Crippen LogP contribution in [0.5, 0.6) is 0 Å². The molecule has 0 radical (unpaired) electrons. The van der Waals surface area contributed by atoms with Crippen LogP contribution in [0.4, 0.5) is 0 Å². The number of rotatable bonds is 8. The van der Waals surface area contributed by atoms with Crippen LogP contribution in [0.15, 0.2) is 60.7 Å². The van der Waals surface area contributed by atoms with Crippen molar-refractivity contribution in [3.8, 4) is 0 Å². The van der Waals surface area contributed by atoms with Crippen molar-refractivity contribution in [3.05, 3.63) is 71.8 Å². The van der Waals surface area contributed by atoms with Crippen LogP contribution in [-0.4, -0.2) is 94.1 Å². The van der Waals surface area contributed by atoms with E-state index in [2.05, 4.69) is 21.9 Å². The predicted molar refractivity (Wildman–Crippen MR) is 163 cm³/mol. The van der Waals surface area contributed by atoms with Gasteiger partial charge in [-0.3, -0.25) is 23.6 Å². The van der Waals surface area contributed by atoms with Crippen molar-refractivity contribution in [2.24, 2.45) is 11.8 Å². The van der Waals surface area contributed by atoms with Crippen LogP contribution in [0.1, 0.15) is 38.8 Å². The Kier molecular flexibility index (Phi) is 15.9. The number of aliphatic hydroxyl groups is 1. The van der Waals surface area contributed by atoms with Gasteiger partial charge in [-0.1, -0.05) is 75.5 Å². The fourth-order valence-corrected chi connectivity index (χ4v) is 5.76. The normalized spacial score (nSPS) is 22.8. The molecule has 0 amide bonds. The molecule has 236 valence electrons. The average Bonchev–Trinajstić information content (AvgIpc) is 2.93. The van der Waals surface area contributed by atoms with Crippen molar-refractivity contribution in [1.82, 2.24) is 9.80 Å².